The summed E-state index contributed by atoms with van der Waals surface area (Å²) in [7, 11) is -2.40. The van der Waals surface area contributed by atoms with Crippen LogP contribution >= 0.6 is 0 Å². The number of carbonyl (C=O) groups excluding carboxylic acids is 1. The first-order valence-corrected chi connectivity index (χ1v) is 10.1. The van der Waals surface area contributed by atoms with E-state index in [9.17, 15) is 13.2 Å². The summed E-state index contributed by atoms with van der Waals surface area (Å²) >= 11 is 0. The van der Waals surface area contributed by atoms with Gasteiger partial charge in [-0.05, 0) is 43.2 Å². The van der Waals surface area contributed by atoms with Crippen molar-refractivity contribution in [2.75, 3.05) is 25.0 Å². The van der Waals surface area contributed by atoms with E-state index < -0.39 is 10.0 Å². The van der Waals surface area contributed by atoms with Gasteiger partial charge in [0.15, 0.2) is 0 Å². The average Bonchev–Trinajstić information content (AvgIpc) is 3.20. The lowest BCUT2D eigenvalue weighted by atomic mass is 10.2. The predicted octanol–water partition coefficient (Wildman–Crippen LogP) is 2.40. The van der Waals surface area contributed by atoms with Crippen LogP contribution in [0.15, 0.2) is 53.4 Å². The van der Waals surface area contributed by atoms with Crippen molar-refractivity contribution in [3.8, 4) is 5.75 Å². The van der Waals surface area contributed by atoms with Crippen molar-refractivity contribution in [1.29, 1.82) is 0 Å². The molecule has 144 valence electrons. The molecule has 2 aromatic rings. The molecule has 3 rings (SSSR count). The number of ether oxygens (including phenoxy) is 2. The van der Waals surface area contributed by atoms with Gasteiger partial charge in [0.1, 0.15) is 5.75 Å². The highest BCUT2D eigenvalue weighted by Crippen LogP contribution is 2.26. The number of anilines is 1. The molecule has 1 heterocycles. The Hall–Kier alpha value is -2.58. The zero-order valence-electron chi connectivity index (χ0n) is 15.0. The summed E-state index contributed by atoms with van der Waals surface area (Å²) in [6, 6.07) is 12.6. The van der Waals surface area contributed by atoms with Gasteiger partial charge in [0.05, 0.1) is 23.8 Å². The molecule has 0 radical (unpaired) electrons. The molecular weight excluding hydrogens is 368 g/mol. The first-order valence-electron chi connectivity index (χ1n) is 8.65. The minimum atomic E-state index is -3.87. The number of methoxy groups -OCH3 is 1. The molecule has 2 N–H and O–H groups in total. The van der Waals surface area contributed by atoms with Gasteiger partial charge in [-0.25, -0.2) is 8.42 Å². The fraction of sp³-hybridized carbons (Fsp3) is 0.316. The normalized spacial score (nSPS) is 16.7. The van der Waals surface area contributed by atoms with Gasteiger partial charge in [-0.1, -0.05) is 18.2 Å². The van der Waals surface area contributed by atoms with E-state index in [0.717, 1.165) is 12.8 Å². The molecule has 1 aliphatic heterocycles. The zero-order chi connectivity index (χ0) is 19.3. The molecule has 1 amide bonds. The molecule has 0 unspecified atom stereocenters. The summed E-state index contributed by atoms with van der Waals surface area (Å²) in [6.07, 6.45) is 1.92. The first-order chi connectivity index (χ1) is 13.0. The number of sulfonamides is 1. The predicted molar refractivity (Wildman–Crippen MR) is 102 cm³/mol. The maximum atomic E-state index is 12.7. The second-order valence-electron chi connectivity index (χ2n) is 6.18. The van der Waals surface area contributed by atoms with Crippen molar-refractivity contribution in [3.05, 3.63) is 54.1 Å². The lowest BCUT2D eigenvalue weighted by molar-refractivity contribution is 0.0857. The van der Waals surface area contributed by atoms with Crippen LogP contribution in [0.5, 0.6) is 5.75 Å². The van der Waals surface area contributed by atoms with E-state index in [2.05, 4.69) is 10.0 Å². The smallest absolute Gasteiger partial charge is 0.262 e. The van der Waals surface area contributed by atoms with E-state index in [1.165, 1.54) is 25.3 Å². The number of hydrogen-bond acceptors (Lipinski definition) is 5. The Morgan fingerprint density at radius 2 is 2.04 bits per heavy atom. The summed E-state index contributed by atoms with van der Waals surface area (Å²) in [6.45, 7) is 1.12. The molecule has 2 aromatic carbocycles. The average molecular weight is 390 g/mol. The van der Waals surface area contributed by atoms with Crippen molar-refractivity contribution in [1.82, 2.24) is 5.32 Å². The molecule has 0 aliphatic carbocycles. The van der Waals surface area contributed by atoms with E-state index in [0.29, 0.717) is 24.6 Å². The van der Waals surface area contributed by atoms with Crippen LogP contribution in [-0.4, -0.2) is 40.7 Å². The van der Waals surface area contributed by atoms with Crippen LogP contribution in [0.3, 0.4) is 0 Å². The number of nitrogens with one attached hydrogen (secondary N) is 2. The van der Waals surface area contributed by atoms with Gasteiger partial charge in [0.2, 0.25) is 0 Å². The molecule has 27 heavy (non-hydrogen) atoms. The molecule has 0 bridgehead atoms. The summed E-state index contributed by atoms with van der Waals surface area (Å²) in [4.78, 5) is 12.3. The van der Waals surface area contributed by atoms with Gasteiger partial charge < -0.3 is 14.8 Å². The van der Waals surface area contributed by atoms with Crippen molar-refractivity contribution in [2.45, 2.75) is 23.8 Å². The van der Waals surface area contributed by atoms with E-state index >= 15 is 0 Å². The molecular formula is C19H22N2O5S. The van der Waals surface area contributed by atoms with Crippen LogP contribution in [0.25, 0.3) is 0 Å². The molecule has 0 saturated carbocycles. The van der Waals surface area contributed by atoms with Crippen molar-refractivity contribution >= 4 is 21.6 Å². The lowest BCUT2D eigenvalue weighted by Gasteiger charge is -2.13. The first kappa shape index (κ1) is 19.2. The van der Waals surface area contributed by atoms with Crippen LogP contribution in [0, 0.1) is 0 Å². The summed E-state index contributed by atoms with van der Waals surface area (Å²) < 4.78 is 38.5. The van der Waals surface area contributed by atoms with E-state index in [4.69, 9.17) is 9.47 Å². The molecule has 1 fully saturated rings. The second kappa shape index (κ2) is 8.41. The van der Waals surface area contributed by atoms with Gasteiger partial charge >= 0.3 is 0 Å². The maximum absolute atomic E-state index is 12.7. The monoisotopic (exact) mass is 390 g/mol. The summed E-state index contributed by atoms with van der Waals surface area (Å²) in [5.41, 5.74) is 0.601. The van der Waals surface area contributed by atoms with Gasteiger partial charge in [0.25, 0.3) is 15.9 Å². The zero-order valence-corrected chi connectivity index (χ0v) is 15.8. The number of carbonyl (C=O) groups is 1. The van der Waals surface area contributed by atoms with E-state index in [1.807, 2.05) is 0 Å². The Kier molecular flexibility index (Phi) is 5.98. The highest BCUT2D eigenvalue weighted by atomic mass is 32.2. The third-order valence-corrected chi connectivity index (χ3v) is 5.64. The summed E-state index contributed by atoms with van der Waals surface area (Å²) in [5.74, 6) is 0.0753. The number of amides is 1. The van der Waals surface area contributed by atoms with Gasteiger partial charge in [-0.15, -0.1) is 0 Å². The number of para-hydroxylation sites is 2. The van der Waals surface area contributed by atoms with Crippen molar-refractivity contribution in [2.24, 2.45) is 0 Å². The fourth-order valence-corrected chi connectivity index (χ4v) is 3.97. The standard InChI is InChI=1S/C19H22N2O5S/c1-25-18-10-3-2-9-17(18)21-27(23,24)16-8-4-6-14(12-16)19(22)20-13-15-7-5-11-26-15/h2-4,6,8-10,12,15,21H,5,7,11,13H2,1H3,(H,20,22)/t15-/m1/s1. The Morgan fingerprint density at radius 3 is 2.78 bits per heavy atom. The van der Waals surface area contributed by atoms with Crippen molar-refractivity contribution in [3.63, 3.8) is 0 Å². The van der Waals surface area contributed by atoms with Crippen LogP contribution in [0.1, 0.15) is 23.2 Å². The Morgan fingerprint density at radius 1 is 1.22 bits per heavy atom. The van der Waals surface area contributed by atoms with Crippen molar-refractivity contribution < 1.29 is 22.7 Å². The topological polar surface area (TPSA) is 93.7 Å². The largest absolute Gasteiger partial charge is 0.495 e. The van der Waals surface area contributed by atoms with E-state index in [1.54, 1.807) is 30.3 Å². The van der Waals surface area contributed by atoms with Crippen LogP contribution in [-0.2, 0) is 14.8 Å². The number of hydrogen-bond donors (Lipinski definition) is 2. The molecule has 0 aromatic heterocycles. The molecule has 1 saturated heterocycles. The second-order valence-corrected chi connectivity index (χ2v) is 7.86. The quantitative estimate of drug-likeness (QED) is 0.757. The Bertz CT molecular complexity index is 908. The van der Waals surface area contributed by atoms with Gasteiger partial charge in [-0.2, -0.15) is 0 Å². The lowest BCUT2D eigenvalue weighted by Crippen LogP contribution is -2.31. The van der Waals surface area contributed by atoms with Crippen LogP contribution in [0.2, 0.25) is 0 Å². The minimum absolute atomic E-state index is 0.00169. The molecule has 7 nitrogen and oxygen atoms in total. The third-order valence-electron chi connectivity index (χ3n) is 4.27. The Labute approximate surface area is 158 Å². The highest BCUT2D eigenvalue weighted by molar-refractivity contribution is 7.92. The van der Waals surface area contributed by atoms with Crippen LogP contribution < -0.4 is 14.8 Å². The SMILES string of the molecule is COc1ccccc1NS(=O)(=O)c1cccc(C(=O)NC[C@H]2CCCO2)c1. The van der Waals surface area contributed by atoms with Crippen LogP contribution in [0.4, 0.5) is 5.69 Å². The third kappa shape index (κ3) is 4.78. The van der Waals surface area contributed by atoms with Gasteiger partial charge in [0, 0.05) is 18.7 Å². The Balaban J connectivity index is 1.74. The number of benzene rings is 2. The highest BCUT2D eigenvalue weighted by Gasteiger charge is 2.20. The molecule has 8 heteroatoms. The molecule has 0 spiro atoms. The maximum Gasteiger partial charge on any atom is 0.262 e. The van der Waals surface area contributed by atoms with E-state index in [-0.39, 0.29) is 22.5 Å². The van der Waals surface area contributed by atoms with Gasteiger partial charge in [-0.3, -0.25) is 9.52 Å². The molecule has 1 aliphatic rings. The number of rotatable bonds is 7. The fourth-order valence-electron chi connectivity index (χ4n) is 2.85. The minimum Gasteiger partial charge on any atom is -0.495 e. The summed E-state index contributed by atoms with van der Waals surface area (Å²) in [5, 5.41) is 2.79. The molecule has 1 atom stereocenters.